The maximum atomic E-state index is 11.6. The number of anilines is 1. The van der Waals surface area contributed by atoms with Crippen molar-refractivity contribution >= 4 is 11.9 Å². The summed E-state index contributed by atoms with van der Waals surface area (Å²) >= 11 is 0. The fraction of sp³-hybridized carbons (Fsp3) is 0.600. The summed E-state index contributed by atoms with van der Waals surface area (Å²) in [6.07, 6.45) is 1.42. The number of hydrogen-bond donors (Lipinski definition) is 1. The highest BCUT2D eigenvalue weighted by atomic mass is 16.6. The van der Waals surface area contributed by atoms with Gasteiger partial charge in [-0.2, -0.15) is 0 Å². The van der Waals surface area contributed by atoms with E-state index in [9.17, 15) is 4.79 Å². The van der Waals surface area contributed by atoms with Gasteiger partial charge in [-0.3, -0.25) is 0 Å². The molecule has 0 aliphatic rings. The summed E-state index contributed by atoms with van der Waals surface area (Å²) in [6, 6.07) is 4.01. The lowest BCUT2D eigenvalue weighted by Crippen LogP contribution is -2.38. The molecular weight excluding hydrogens is 254 g/mol. The number of carbonyl (C=O) groups excluding carboxylic acids is 1. The predicted molar refractivity (Wildman–Crippen MR) is 81.1 cm³/mol. The number of hydrogen-bond acceptors (Lipinski definition) is 4. The minimum atomic E-state index is -0.466. The van der Waals surface area contributed by atoms with Crippen molar-refractivity contribution in [3.63, 3.8) is 0 Å². The summed E-state index contributed by atoms with van der Waals surface area (Å²) in [4.78, 5) is 18.0. The zero-order chi connectivity index (χ0) is 15.2. The quantitative estimate of drug-likeness (QED) is 0.900. The van der Waals surface area contributed by atoms with Crippen molar-refractivity contribution in [2.75, 3.05) is 24.5 Å². The number of rotatable bonds is 5. The monoisotopic (exact) mass is 279 g/mol. The Morgan fingerprint density at radius 1 is 1.45 bits per heavy atom. The molecule has 0 unspecified atom stereocenters. The van der Waals surface area contributed by atoms with Crippen LogP contribution in [-0.4, -0.2) is 36.3 Å². The first-order valence-corrected chi connectivity index (χ1v) is 6.96. The number of ether oxygens (including phenoxy) is 1. The molecule has 0 fully saturated rings. The molecule has 0 atom stereocenters. The van der Waals surface area contributed by atoms with Crippen molar-refractivity contribution in [2.45, 2.75) is 40.2 Å². The summed E-state index contributed by atoms with van der Waals surface area (Å²) in [6.45, 7) is 11.7. The maximum Gasteiger partial charge on any atom is 0.407 e. The van der Waals surface area contributed by atoms with Gasteiger partial charge in [-0.1, -0.05) is 0 Å². The number of nitrogens with one attached hydrogen (secondary N) is 1. The van der Waals surface area contributed by atoms with E-state index < -0.39 is 5.60 Å². The molecular formula is C15H25N3O2. The molecule has 0 aromatic carbocycles. The molecule has 0 aliphatic heterocycles. The van der Waals surface area contributed by atoms with E-state index in [-0.39, 0.29) is 6.09 Å². The van der Waals surface area contributed by atoms with Gasteiger partial charge in [-0.25, -0.2) is 9.78 Å². The second kappa shape index (κ2) is 7.12. The highest BCUT2D eigenvalue weighted by Gasteiger charge is 2.15. The molecule has 5 nitrogen and oxygen atoms in total. The van der Waals surface area contributed by atoms with Gasteiger partial charge in [0.1, 0.15) is 11.4 Å². The molecule has 0 aliphatic carbocycles. The molecule has 0 spiro atoms. The maximum absolute atomic E-state index is 11.6. The van der Waals surface area contributed by atoms with Crippen molar-refractivity contribution in [1.29, 1.82) is 0 Å². The van der Waals surface area contributed by atoms with Gasteiger partial charge in [0.05, 0.1) is 0 Å². The highest BCUT2D eigenvalue weighted by Crippen LogP contribution is 2.11. The van der Waals surface area contributed by atoms with Crippen LogP contribution in [0.4, 0.5) is 10.6 Å². The van der Waals surface area contributed by atoms with Crippen LogP contribution in [0.3, 0.4) is 0 Å². The van der Waals surface area contributed by atoms with E-state index in [1.54, 1.807) is 6.20 Å². The lowest BCUT2D eigenvalue weighted by atomic mass is 10.2. The van der Waals surface area contributed by atoms with Gasteiger partial charge in [0.2, 0.25) is 0 Å². The minimum Gasteiger partial charge on any atom is -0.444 e. The number of likely N-dealkylation sites (N-methyl/N-ethyl adjacent to an activating group) is 1. The Kier molecular flexibility index (Phi) is 5.80. The van der Waals surface area contributed by atoms with E-state index in [2.05, 4.69) is 22.1 Å². The molecule has 1 heterocycles. The van der Waals surface area contributed by atoms with Gasteiger partial charge in [0.15, 0.2) is 0 Å². The Morgan fingerprint density at radius 2 is 2.15 bits per heavy atom. The molecule has 1 rings (SSSR count). The standard InChI is InChI=1S/C15H25N3O2/c1-6-18(13-11-12(2)7-8-16-13)10-9-17-14(19)20-15(3,4)5/h7-8,11H,6,9-10H2,1-5H3,(H,17,19). The lowest BCUT2D eigenvalue weighted by molar-refractivity contribution is 0.0529. The number of aromatic nitrogens is 1. The molecule has 1 aromatic heterocycles. The zero-order valence-electron chi connectivity index (χ0n) is 13.1. The largest absolute Gasteiger partial charge is 0.444 e. The van der Waals surface area contributed by atoms with Crippen LogP contribution in [0.2, 0.25) is 0 Å². The van der Waals surface area contributed by atoms with Crippen LogP contribution in [0.5, 0.6) is 0 Å². The van der Waals surface area contributed by atoms with Crippen molar-refractivity contribution in [2.24, 2.45) is 0 Å². The van der Waals surface area contributed by atoms with Crippen LogP contribution >= 0.6 is 0 Å². The Bertz CT molecular complexity index is 441. The van der Waals surface area contributed by atoms with Gasteiger partial charge in [0.25, 0.3) is 0 Å². The number of aryl methyl sites for hydroxylation is 1. The van der Waals surface area contributed by atoms with Crippen LogP contribution in [0, 0.1) is 6.92 Å². The molecule has 1 aromatic rings. The van der Waals surface area contributed by atoms with Crippen LogP contribution in [0.15, 0.2) is 18.3 Å². The van der Waals surface area contributed by atoms with E-state index >= 15 is 0 Å². The smallest absolute Gasteiger partial charge is 0.407 e. The van der Waals surface area contributed by atoms with Crippen molar-refractivity contribution in [3.8, 4) is 0 Å². The Hall–Kier alpha value is -1.78. The molecule has 5 heteroatoms. The first-order valence-electron chi connectivity index (χ1n) is 6.96. The van der Waals surface area contributed by atoms with Gasteiger partial charge >= 0.3 is 6.09 Å². The van der Waals surface area contributed by atoms with Gasteiger partial charge < -0.3 is 15.0 Å². The molecule has 0 saturated carbocycles. The Morgan fingerprint density at radius 3 is 2.70 bits per heavy atom. The van der Waals surface area contributed by atoms with Crippen LogP contribution in [0.25, 0.3) is 0 Å². The summed E-state index contributed by atoms with van der Waals surface area (Å²) in [5.74, 6) is 0.929. The fourth-order valence-electron chi connectivity index (χ4n) is 1.73. The second-order valence-electron chi connectivity index (χ2n) is 5.70. The first-order chi connectivity index (χ1) is 9.31. The molecule has 1 amide bonds. The minimum absolute atomic E-state index is 0.384. The average molecular weight is 279 g/mol. The van der Waals surface area contributed by atoms with Crippen molar-refractivity contribution < 1.29 is 9.53 Å². The number of carbonyl (C=O) groups is 1. The summed E-state index contributed by atoms with van der Waals surface area (Å²) in [7, 11) is 0. The Labute approximate surface area is 121 Å². The van der Waals surface area contributed by atoms with E-state index in [1.807, 2.05) is 39.8 Å². The van der Waals surface area contributed by atoms with Crippen LogP contribution < -0.4 is 10.2 Å². The van der Waals surface area contributed by atoms with Crippen LogP contribution in [-0.2, 0) is 4.74 Å². The molecule has 112 valence electrons. The first kappa shape index (κ1) is 16.3. The van der Waals surface area contributed by atoms with E-state index in [4.69, 9.17) is 4.74 Å². The normalized spacial score (nSPS) is 11.1. The predicted octanol–water partition coefficient (Wildman–Crippen LogP) is 2.74. The number of pyridine rings is 1. The molecule has 0 bridgehead atoms. The summed E-state index contributed by atoms with van der Waals surface area (Å²) < 4.78 is 5.19. The number of amides is 1. The number of alkyl carbamates (subject to hydrolysis) is 1. The number of nitrogens with zero attached hydrogens (tertiary/aromatic N) is 2. The van der Waals surface area contributed by atoms with Crippen molar-refractivity contribution in [1.82, 2.24) is 10.3 Å². The van der Waals surface area contributed by atoms with E-state index in [1.165, 1.54) is 5.56 Å². The van der Waals surface area contributed by atoms with Gasteiger partial charge in [0, 0.05) is 25.8 Å². The SMILES string of the molecule is CCN(CCNC(=O)OC(C)(C)C)c1cc(C)ccn1. The van der Waals surface area contributed by atoms with Gasteiger partial charge in [-0.05, 0) is 52.3 Å². The second-order valence-corrected chi connectivity index (χ2v) is 5.70. The van der Waals surface area contributed by atoms with E-state index in [0.29, 0.717) is 13.1 Å². The van der Waals surface area contributed by atoms with E-state index in [0.717, 1.165) is 12.4 Å². The van der Waals surface area contributed by atoms with Gasteiger partial charge in [-0.15, -0.1) is 0 Å². The zero-order valence-corrected chi connectivity index (χ0v) is 13.1. The van der Waals surface area contributed by atoms with Crippen molar-refractivity contribution in [3.05, 3.63) is 23.9 Å². The summed E-state index contributed by atoms with van der Waals surface area (Å²) in [5, 5.41) is 2.76. The average Bonchev–Trinajstić information content (AvgIpc) is 2.32. The lowest BCUT2D eigenvalue weighted by Gasteiger charge is -2.23. The third-order valence-electron chi connectivity index (χ3n) is 2.66. The van der Waals surface area contributed by atoms with Crippen LogP contribution in [0.1, 0.15) is 33.3 Å². The summed E-state index contributed by atoms with van der Waals surface area (Å²) in [5.41, 5.74) is 0.709. The highest BCUT2D eigenvalue weighted by molar-refractivity contribution is 5.67. The Balaban J connectivity index is 2.45. The molecule has 0 saturated heterocycles. The molecule has 0 radical (unpaired) electrons. The third kappa shape index (κ3) is 5.91. The topological polar surface area (TPSA) is 54.5 Å². The fourth-order valence-corrected chi connectivity index (χ4v) is 1.73. The molecule has 1 N–H and O–H groups in total. The molecule has 20 heavy (non-hydrogen) atoms. The third-order valence-corrected chi connectivity index (χ3v) is 2.66.